The van der Waals surface area contributed by atoms with Gasteiger partial charge in [-0.15, -0.1) is 0 Å². The summed E-state index contributed by atoms with van der Waals surface area (Å²) in [4.78, 5) is 0. The topological polar surface area (TPSA) is 9.23 Å². The zero-order valence-corrected chi connectivity index (χ0v) is 21.8. The molecule has 0 heterocycles. The minimum absolute atomic E-state index is 0.125. The van der Waals surface area contributed by atoms with E-state index in [4.69, 9.17) is 4.74 Å². The molecule has 1 saturated carbocycles. The molecule has 0 spiro atoms. The van der Waals surface area contributed by atoms with Crippen molar-refractivity contribution in [3.05, 3.63) is 52.1 Å². The van der Waals surface area contributed by atoms with Gasteiger partial charge in [-0.05, 0) is 31.1 Å². The highest BCUT2D eigenvalue weighted by molar-refractivity contribution is 5.69. The molecule has 0 bridgehead atoms. The minimum Gasteiger partial charge on any atom is -0.487 e. The van der Waals surface area contributed by atoms with E-state index in [1.807, 2.05) is 0 Å². The van der Waals surface area contributed by atoms with Gasteiger partial charge in [-0.2, -0.15) is 8.78 Å². The molecule has 0 aliphatic heterocycles. The fraction of sp³-hybridized carbons (Fsp3) is 0.586. The largest absolute Gasteiger partial charge is 0.487 e. The van der Waals surface area contributed by atoms with Crippen molar-refractivity contribution < 1.29 is 39.9 Å². The summed E-state index contributed by atoms with van der Waals surface area (Å²) < 4.78 is 123. The van der Waals surface area contributed by atoms with Crippen molar-refractivity contribution in [2.45, 2.75) is 90.9 Å². The maximum Gasteiger partial charge on any atom is 0.204 e. The third kappa shape index (κ3) is 6.45. The Morgan fingerprint density at radius 1 is 0.553 bits per heavy atom. The van der Waals surface area contributed by atoms with Crippen molar-refractivity contribution in [2.75, 3.05) is 6.61 Å². The lowest BCUT2D eigenvalue weighted by atomic mass is 9.77. The van der Waals surface area contributed by atoms with Crippen LogP contribution in [0.25, 0.3) is 11.1 Å². The van der Waals surface area contributed by atoms with Crippen LogP contribution in [0.2, 0.25) is 0 Å². The van der Waals surface area contributed by atoms with Crippen LogP contribution in [-0.4, -0.2) is 6.61 Å². The molecular weight excluding hydrogens is 516 g/mol. The highest BCUT2D eigenvalue weighted by atomic mass is 19.2. The van der Waals surface area contributed by atoms with Crippen molar-refractivity contribution >= 4 is 0 Å². The second-order valence-corrected chi connectivity index (χ2v) is 10.2. The summed E-state index contributed by atoms with van der Waals surface area (Å²) in [7, 11) is 0. The van der Waals surface area contributed by atoms with E-state index in [2.05, 4.69) is 6.92 Å². The van der Waals surface area contributed by atoms with Gasteiger partial charge in [0.1, 0.15) is 0 Å². The molecule has 0 aromatic heterocycles. The van der Waals surface area contributed by atoms with E-state index in [0.717, 1.165) is 44.9 Å². The lowest BCUT2D eigenvalue weighted by Gasteiger charge is -2.28. The fourth-order valence-electron chi connectivity index (χ4n) is 5.23. The van der Waals surface area contributed by atoms with Crippen molar-refractivity contribution in [1.29, 1.82) is 0 Å². The second kappa shape index (κ2) is 13.7. The van der Waals surface area contributed by atoms with E-state index >= 15 is 0 Å². The second-order valence-electron chi connectivity index (χ2n) is 10.2. The molecule has 0 atom stereocenters. The van der Waals surface area contributed by atoms with E-state index in [0.29, 0.717) is 18.8 Å². The monoisotopic (exact) mass is 550 g/mol. The van der Waals surface area contributed by atoms with Crippen LogP contribution in [0, 0.1) is 58.4 Å². The SMILES string of the molecule is CCCCCC1CCC(CCc2c(F)c(F)c(-c3c(F)c(F)c(OCCCC)c(F)c3F)c(F)c2F)CC1. The smallest absolute Gasteiger partial charge is 0.204 e. The summed E-state index contributed by atoms with van der Waals surface area (Å²) >= 11 is 0. The molecule has 38 heavy (non-hydrogen) atoms. The first-order valence-electron chi connectivity index (χ1n) is 13.5. The number of hydrogen-bond acceptors (Lipinski definition) is 1. The molecule has 0 radical (unpaired) electrons. The highest BCUT2D eigenvalue weighted by Gasteiger charge is 2.35. The van der Waals surface area contributed by atoms with Crippen LogP contribution in [-0.2, 0) is 6.42 Å². The van der Waals surface area contributed by atoms with Crippen LogP contribution in [0.3, 0.4) is 0 Å². The van der Waals surface area contributed by atoms with Crippen LogP contribution in [0.4, 0.5) is 35.1 Å². The number of rotatable bonds is 12. The quantitative estimate of drug-likeness (QED) is 0.145. The van der Waals surface area contributed by atoms with E-state index in [1.54, 1.807) is 6.92 Å². The summed E-state index contributed by atoms with van der Waals surface area (Å²) in [5.41, 5.74) is -4.61. The van der Waals surface area contributed by atoms with E-state index < -0.39 is 69.0 Å². The molecule has 1 aliphatic rings. The van der Waals surface area contributed by atoms with Gasteiger partial charge in [-0.1, -0.05) is 71.6 Å². The fourth-order valence-corrected chi connectivity index (χ4v) is 5.23. The number of hydrogen-bond donors (Lipinski definition) is 0. The molecular formula is C29H34F8O. The third-order valence-corrected chi connectivity index (χ3v) is 7.56. The standard InChI is InChI=1S/C29H34F8O/c1-3-5-7-8-16-9-11-17(12-10-16)13-14-18-21(30)23(32)19(24(33)22(18)31)20-25(34)27(36)29(28(37)26(20)35)38-15-6-4-2/h16-17H,3-15H2,1-2H3. The average molecular weight is 551 g/mol. The normalized spacial score (nSPS) is 17.7. The van der Waals surface area contributed by atoms with Gasteiger partial charge in [0.05, 0.1) is 17.7 Å². The van der Waals surface area contributed by atoms with E-state index in [-0.39, 0.29) is 25.4 Å². The summed E-state index contributed by atoms with van der Waals surface area (Å²) in [6.45, 7) is 3.60. The van der Waals surface area contributed by atoms with Crippen LogP contribution < -0.4 is 4.74 Å². The molecule has 212 valence electrons. The highest BCUT2D eigenvalue weighted by Crippen LogP contribution is 2.41. The Labute approximate surface area is 218 Å². The molecule has 0 N–H and O–H groups in total. The summed E-state index contributed by atoms with van der Waals surface area (Å²) in [5.74, 6) is -17.1. The third-order valence-electron chi connectivity index (χ3n) is 7.56. The zero-order valence-electron chi connectivity index (χ0n) is 21.8. The zero-order chi connectivity index (χ0) is 28.0. The Kier molecular flexibility index (Phi) is 10.9. The average Bonchev–Trinajstić information content (AvgIpc) is 2.91. The number of ether oxygens (including phenoxy) is 1. The van der Waals surface area contributed by atoms with Gasteiger partial charge < -0.3 is 4.74 Å². The van der Waals surface area contributed by atoms with Gasteiger partial charge >= 0.3 is 0 Å². The maximum absolute atomic E-state index is 14.9. The molecule has 1 fully saturated rings. The molecule has 3 rings (SSSR count). The Balaban J connectivity index is 1.84. The van der Waals surface area contributed by atoms with Crippen molar-refractivity contribution in [3.8, 4) is 16.9 Å². The van der Waals surface area contributed by atoms with Crippen molar-refractivity contribution in [3.63, 3.8) is 0 Å². The van der Waals surface area contributed by atoms with Gasteiger partial charge in [0, 0.05) is 5.56 Å². The minimum atomic E-state index is -2.21. The number of benzene rings is 2. The molecule has 0 unspecified atom stereocenters. The van der Waals surface area contributed by atoms with Crippen molar-refractivity contribution in [1.82, 2.24) is 0 Å². The van der Waals surface area contributed by atoms with E-state index in [9.17, 15) is 35.1 Å². The molecule has 2 aromatic carbocycles. The Bertz CT molecular complexity index is 1050. The summed E-state index contributed by atoms with van der Waals surface area (Å²) in [5, 5.41) is 0. The number of unbranched alkanes of at least 4 members (excludes halogenated alkanes) is 3. The molecule has 1 nitrogen and oxygen atoms in total. The molecule has 0 amide bonds. The van der Waals surface area contributed by atoms with Gasteiger partial charge in [-0.3, -0.25) is 0 Å². The molecule has 0 saturated heterocycles. The first-order valence-corrected chi connectivity index (χ1v) is 13.5. The molecule has 1 aliphatic carbocycles. The Morgan fingerprint density at radius 2 is 1.00 bits per heavy atom. The van der Waals surface area contributed by atoms with E-state index in [1.165, 1.54) is 6.42 Å². The van der Waals surface area contributed by atoms with Gasteiger partial charge in [0.2, 0.25) is 11.6 Å². The lowest BCUT2D eigenvalue weighted by molar-refractivity contribution is 0.248. The first kappa shape index (κ1) is 30.2. The van der Waals surface area contributed by atoms with Gasteiger partial charge in [-0.25, -0.2) is 26.3 Å². The van der Waals surface area contributed by atoms with Gasteiger partial charge in [0.15, 0.2) is 40.7 Å². The van der Waals surface area contributed by atoms with Crippen molar-refractivity contribution in [2.24, 2.45) is 11.8 Å². The number of halogens is 8. The molecule has 2 aromatic rings. The summed E-state index contributed by atoms with van der Waals surface area (Å²) in [6, 6.07) is 0. The maximum atomic E-state index is 14.9. The Hall–Kier alpha value is -2.32. The molecule has 9 heteroatoms. The Morgan fingerprint density at radius 3 is 1.47 bits per heavy atom. The van der Waals surface area contributed by atoms with Gasteiger partial charge in [0.25, 0.3) is 0 Å². The lowest BCUT2D eigenvalue weighted by Crippen LogP contribution is -2.16. The van der Waals surface area contributed by atoms with Crippen LogP contribution in [0.15, 0.2) is 0 Å². The summed E-state index contributed by atoms with van der Waals surface area (Å²) in [6.07, 6.45) is 9.07. The van der Waals surface area contributed by atoms with Crippen LogP contribution in [0.5, 0.6) is 5.75 Å². The predicted octanol–water partition coefficient (Wildman–Crippen LogP) is 9.96. The van der Waals surface area contributed by atoms with Crippen LogP contribution in [0.1, 0.15) is 90.0 Å². The first-order chi connectivity index (χ1) is 18.1. The van der Waals surface area contributed by atoms with Crippen LogP contribution >= 0.6 is 0 Å². The predicted molar refractivity (Wildman–Crippen MR) is 130 cm³/mol.